The van der Waals surface area contributed by atoms with Crippen LogP contribution in [0, 0.1) is 5.82 Å². The zero-order chi connectivity index (χ0) is 13.6. The van der Waals surface area contributed by atoms with Gasteiger partial charge in [0.1, 0.15) is 12.4 Å². The molecular weight excluding hydrogens is 274 g/mol. The van der Waals surface area contributed by atoms with Crippen molar-refractivity contribution in [2.24, 2.45) is 0 Å². The first-order valence-corrected chi connectivity index (χ1v) is 5.60. The Morgan fingerprint density at radius 3 is 2.61 bits per heavy atom. The zero-order valence-electron chi connectivity index (χ0n) is 9.36. The predicted molar refractivity (Wildman–Crippen MR) is 61.4 cm³/mol. The largest absolute Gasteiger partial charge is 0.411 e. The molecule has 0 spiro atoms. The lowest BCUT2D eigenvalue weighted by atomic mass is 10.3. The summed E-state index contributed by atoms with van der Waals surface area (Å²) in [4.78, 5) is 0. The van der Waals surface area contributed by atoms with Crippen LogP contribution in [0.4, 0.5) is 23.2 Å². The molecule has 0 aliphatic heterocycles. The Kier molecular flexibility index (Phi) is 5.68. The summed E-state index contributed by atoms with van der Waals surface area (Å²) in [6.45, 7) is -0.862. The highest BCUT2D eigenvalue weighted by molar-refractivity contribution is 6.33. The van der Waals surface area contributed by atoms with E-state index in [9.17, 15) is 17.6 Å². The maximum atomic E-state index is 12.7. The summed E-state index contributed by atoms with van der Waals surface area (Å²) in [5.41, 5.74) is 0.536. The summed E-state index contributed by atoms with van der Waals surface area (Å²) >= 11 is 5.75. The first-order chi connectivity index (χ1) is 8.38. The highest BCUT2D eigenvalue weighted by Gasteiger charge is 2.27. The molecule has 2 nitrogen and oxygen atoms in total. The Labute approximate surface area is 107 Å². The Balaban J connectivity index is 2.18. The monoisotopic (exact) mass is 285 g/mol. The fourth-order valence-corrected chi connectivity index (χ4v) is 1.45. The van der Waals surface area contributed by atoms with E-state index in [1.165, 1.54) is 12.1 Å². The molecule has 0 aromatic heterocycles. The van der Waals surface area contributed by atoms with E-state index in [-0.39, 0.29) is 11.6 Å². The molecule has 0 unspecified atom stereocenters. The molecule has 7 heteroatoms. The first kappa shape index (κ1) is 15.0. The van der Waals surface area contributed by atoms with E-state index in [1.807, 2.05) is 0 Å². The van der Waals surface area contributed by atoms with E-state index in [1.54, 1.807) is 0 Å². The molecule has 1 N–H and O–H groups in total. The molecule has 1 aromatic rings. The van der Waals surface area contributed by atoms with Crippen LogP contribution in [0.2, 0.25) is 5.02 Å². The number of anilines is 1. The Morgan fingerprint density at radius 2 is 2.00 bits per heavy atom. The normalized spacial score (nSPS) is 11.6. The van der Waals surface area contributed by atoms with Crippen LogP contribution in [0.25, 0.3) is 0 Å². The number of rotatable bonds is 6. The van der Waals surface area contributed by atoms with Gasteiger partial charge in [0.05, 0.1) is 10.7 Å². The van der Waals surface area contributed by atoms with Gasteiger partial charge in [0.15, 0.2) is 0 Å². The van der Waals surface area contributed by atoms with E-state index in [4.69, 9.17) is 11.6 Å². The Bertz CT molecular complexity index is 384. The number of hydrogen-bond donors (Lipinski definition) is 1. The molecule has 0 radical (unpaired) electrons. The van der Waals surface area contributed by atoms with E-state index in [0.29, 0.717) is 18.7 Å². The van der Waals surface area contributed by atoms with Crippen LogP contribution >= 0.6 is 11.6 Å². The van der Waals surface area contributed by atoms with Crippen molar-refractivity contribution in [3.63, 3.8) is 0 Å². The molecule has 102 valence electrons. The lowest BCUT2D eigenvalue weighted by molar-refractivity contribution is -0.173. The molecular formula is C11H12ClF4NO. The molecule has 0 saturated heterocycles. The van der Waals surface area contributed by atoms with Crippen molar-refractivity contribution in [3.05, 3.63) is 29.0 Å². The van der Waals surface area contributed by atoms with E-state index < -0.39 is 18.6 Å². The molecule has 0 aliphatic rings. The molecule has 0 bridgehead atoms. The van der Waals surface area contributed by atoms with Gasteiger partial charge in [-0.1, -0.05) is 11.6 Å². The lowest BCUT2D eigenvalue weighted by Crippen LogP contribution is -2.18. The molecule has 1 rings (SSSR count). The molecule has 0 aliphatic carbocycles. The average molecular weight is 286 g/mol. The lowest BCUT2D eigenvalue weighted by Gasteiger charge is -2.09. The third kappa shape index (κ3) is 6.07. The van der Waals surface area contributed by atoms with Crippen molar-refractivity contribution in [2.45, 2.75) is 12.6 Å². The maximum Gasteiger partial charge on any atom is 0.411 e. The quantitative estimate of drug-likeness (QED) is 0.633. The summed E-state index contributed by atoms with van der Waals surface area (Å²) in [5.74, 6) is -0.445. The van der Waals surface area contributed by atoms with Gasteiger partial charge in [-0.05, 0) is 24.6 Å². The van der Waals surface area contributed by atoms with Gasteiger partial charge in [0.25, 0.3) is 0 Å². The number of ether oxygens (including phenoxy) is 1. The minimum absolute atomic E-state index is 0.00861. The van der Waals surface area contributed by atoms with Crippen LogP contribution in [-0.2, 0) is 4.74 Å². The van der Waals surface area contributed by atoms with E-state index >= 15 is 0 Å². The minimum atomic E-state index is -4.30. The highest BCUT2D eigenvalue weighted by Crippen LogP contribution is 2.22. The Morgan fingerprint density at radius 1 is 1.28 bits per heavy atom. The van der Waals surface area contributed by atoms with Crippen molar-refractivity contribution in [1.82, 2.24) is 0 Å². The SMILES string of the molecule is Fc1ccc(NCCCOCC(F)(F)F)c(Cl)c1. The Hall–Kier alpha value is -1.01. The topological polar surface area (TPSA) is 21.3 Å². The van der Waals surface area contributed by atoms with Crippen LogP contribution in [0.1, 0.15) is 6.42 Å². The number of nitrogens with one attached hydrogen (secondary N) is 1. The zero-order valence-corrected chi connectivity index (χ0v) is 10.1. The van der Waals surface area contributed by atoms with E-state index in [2.05, 4.69) is 10.1 Å². The van der Waals surface area contributed by atoms with Crippen LogP contribution in [-0.4, -0.2) is 25.9 Å². The number of halogens is 5. The standard InChI is InChI=1S/C11H12ClF4NO/c12-9-6-8(13)2-3-10(9)17-4-1-5-18-7-11(14,15)16/h2-3,6,17H,1,4-5,7H2. The van der Waals surface area contributed by atoms with Gasteiger partial charge in [-0.3, -0.25) is 0 Å². The molecule has 0 amide bonds. The smallest absolute Gasteiger partial charge is 0.384 e. The van der Waals surface area contributed by atoms with Crippen LogP contribution in [0.15, 0.2) is 18.2 Å². The third-order valence-corrected chi connectivity index (χ3v) is 2.29. The van der Waals surface area contributed by atoms with Gasteiger partial charge in [-0.2, -0.15) is 13.2 Å². The second-order valence-corrected chi connectivity index (χ2v) is 3.98. The molecule has 0 fully saturated rings. The summed E-state index contributed by atoms with van der Waals surface area (Å²) < 4.78 is 52.3. The second-order valence-electron chi connectivity index (χ2n) is 3.57. The molecule has 18 heavy (non-hydrogen) atoms. The minimum Gasteiger partial charge on any atom is -0.384 e. The van der Waals surface area contributed by atoms with Gasteiger partial charge >= 0.3 is 6.18 Å². The number of alkyl halides is 3. The summed E-state index contributed by atoms with van der Waals surface area (Å²) in [6, 6.07) is 3.87. The van der Waals surface area contributed by atoms with Crippen molar-refractivity contribution in [3.8, 4) is 0 Å². The molecule has 0 heterocycles. The van der Waals surface area contributed by atoms with Gasteiger partial charge in [0.2, 0.25) is 0 Å². The average Bonchev–Trinajstić information content (AvgIpc) is 2.24. The van der Waals surface area contributed by atoms with Gasteiger partial charge in [-0.25, -0.2) is 4.39 Å². The van der Waals surface area contributed by atoms with Crippen molar-refractivity contribution < 1.29 is 22.3 Å². The highest BCUT2D eigenvalue weighted by atomic mass is 35.5. The molecule has 0 saturated carbocycles. The van der Waals surface area contributed by atoms with Gasteiger partial charge in [-0.15, -0.1) is 0 Å². The first-order valence-electron chi connectivity index (χ1n) is 5.22. The predicted octanol–water partition coefficient (Wildman–Crippen LogP) is 3.86. The second kappa shape index (κ2) is 6.80. The van der Waals surface area contributed by atoms with Gasteiger partial charge < -0.3 is 10.1 Å². The fraction of sp³-hybridized carbons (Fsp3) is 0.455. The van der Waals surface area contributed by atoms with Crippen molar-refractivity contribution in [2.75, 3.05) is 25.1 Å². The summed E-state index contributed by atoms with van der Waals surface area (Å²) in [5, 5.41) is 3.11. The van der Waals surface area contributed by atoms with Crippen molar-refractivity contribution >= 4 is 17.3 Å². The summed E-state index contributed by atoms with van der Waals surface area (Å²) in [6.07, 6.45) is -3.91. The number of hydrogen-bond acceptors (Lipinski definition) is 2. The number of benzene rings is 1. The van der Waals surface area contributed by atoms with Crippen molar-refractivity contribution in [1.29, 1.82) is 0 Å². The maximum absolute atomic E-state index is 12.7. The fourth-order valence-electron chi connectivity index (χ4n) is 1.22. The van der Waals surface area contributed by atoms with E-state index in [0.717, 1.165) is 6.07 Å². The van der Waals surface area contributed by atoms with Gasteiger partial charge in [0, 0.05) is 13.2 Å². The van der Waals surface area contributed by atoms with Crippen LogP contribution in [0.5, 0.6) is 0 Å². The molecule has 0 atom stereocenters. The van der Waals surface area contributed by atoms with Crippen LogP contribution in [0.3, 0.4) is 0 Å². The molecule has 1 aromatic carbocycles. The third-order valence-electron chi connectivity index (χ3n) is 1.98. The van der Waals surface area contributed by atoms with Crippen LogP contribution < -0.4 is 5.32 Å². The summed E-state index contributed by atoms with van der Waals surface area (Å²) in [7, 11) is 0.